The zero-order valence-corrected chi connectivity index (χ0v) is 17.2. The number of benzene rings is 2. The average molecular weight is 404 g/mol. The largest absolute Gasteiger partial charge is 0.497 e. The van der Waals surface area contributed by atoms with Crippen molar-refractivity contribution in [1.29, 1.82) is 0 Å². The number of nitrogens with zero attached hydrogens (tertiary/aromatic N) is 2. The SMILES string of the molecule is COc1ccc2cc(C(=O)OCc3ccc(C(=O)N4CCCC4)cc3)c(C)nc2c1. The van der Waals surface area contributed by atoms with Crippen LogP contribution >= 0.6 is 0 Å². The van der Waals surface area contributed by atoms with Gasteiger partial charge in [0.2, 0.25) is 0 Å². The first-order valence-electron chi connectivity index (χ1n) is 10.1. The van der Waals surface area contributed by atoms with Crippen molar-refractivity contribution >= 4 is 22.8 Å². The van der Waals surface area contributed by atoms with E-state index in [2.05, 4.69) is 4.98 Å². The Morgan fingerprint density at radius 3 is 2.47 bits per heavy atom. The summed E-state index contributed by atoms with van der Waals surface area (Å²) in [5.74, 6) is 0.358. The molecule has 0 bridgehead atoms. The van der Waals surface area contributed by atoms with Crippen molar-refractivity contribution in [3.8, 4) is 5.75 Å². The molecular weight excluding hydrogens is 380 g/mol. The van der Waals surface area contributed by atoms with Gasteiger partial charge in [-0.05, 0) is 55.7 Å². The quantitative estimate of drug-likeness (QED) is 0.598. The van der Waals surface area contributed by atoms with E-state index >= 15 is 0 Å². The third kappa shape index (κ3) is 4.13. The summed E-state index contributed by atoms with van der Waals surface area (Å²) in [6.45, 7) is 3.57. The highest BCUT2D eigenvalue weighted by Crippen LogP contribution is 2.22. The summed E-state index contributed by atoms with van der Waals surface area (Å²) in [6.07, 6.45) is 2.13. The van der Waals surface area contributed by atoms with Crippen LogP contribution in [0.1, 0.15) is 44.8 Å². The number of methoxy groups -OCH3 is 1. The average Bonchev–Trinajstić information content (AvgIpc) is 3.31. The number of aromatic nitrogens is 1. The van der Waals surface area contributed by atoms with Crippen molar-refractivity contribution in [3.05, 3.63) is 70.9 Å². The number of hydrogen-bond donors (Lipinski definition) is 0. The second kappa shape index (κ2) is 8.53. The lowest BCUT2D eigenvalue weighted by atomic mass is 10.1. The maximum atomic E-state index is 12.6. The molecule has 6 heteroatoms. The topological polar surface area (TPSA) is 68.7 Å². The van der Waals surface area contributed by atoms with Crippen molar-refractivity contribution in [2.24, 2.45) is 0 Å². The minimum Gasteiger partial charge on any atom is -0.497 e. The molecule has 1 aliphatic heterocycles. The highest BCUT2D eigenvalue weighted by molar-refractivity contribution is 5.95. The first-order valence-corrected chi connectivity index (χ1v) is 10.1. The molecular formula is C24H24N2O4. The molecule has 1 saturated heterocycles. The van der Waals surface area contributed by atoms with Gasteiger partial charge in [0.1, 0.15) is 12.4 Å². The molecule has 0 saturated carbocycles. The highest BCUT2D eigenvalue weighted by Gasteiger charge is 2.19. The zero-order valence-electron chi connectivity index (χ0n) is 17.2. The maximum absolute atomic E-state index is 12.6. The molecule has 0 spiro atoms. The Morgan fingerprint density at radius 1 is 1.03 bits per heavy atom. The number of carbonyl (C=O) groups is 2. The van der Waals surface area contributed by atoms with Crippen LogP contribution in [-0.4, -0.2) is 42.0 Å². The molecule has 4 rings (SSSR count). The fourth-order valence-electron chi connectivity index (χ4n) is 3.65. The predicted octanol–water partition coefficient (Wildman–Crippen LogP) is 4.14. The van der Waals surface area contributed by atoms with E-state index in [0.29, 0.717) is 16.8 Å². The minimum atomic E-state index is -0.421. The number of rotatable bonds is 5. The smallest absolute Gasteiger partial charge is 0.340 e. The summed E-state index contributed by atoms with van der Waals surface area (Å²) in [5.41, 5.74) is 3.30. The van der Waals surface area contributed by atoms with Gasteiger partial charge >= 0.3 is 5.97 Å². The number of ether oxygens (including phenoxy) is 2. The van der Waals surface area contributed by atoms with E-state index in [1.54, 1.807) is 32.2 Å². The molecule has 0 N–H and O–H groups in total. The summed E-state index contributed by atoms with van der Waals surface area (Å²) in [6, 6.07) is 14.6. The predicted molar refractivity (Wildman–Crippen MR) is 114 cm³/mol. The number of pyridine rings is 1. The number of aryl methyl sites for hydroxylation is 1. The molecule has 1 amide bonds. The van der Waals surface area contributed by atoms with E-state index in [1.807, 2.05) is 35.2 Å². The number of amides is 1. The Labute approximate surface area is 175 Å². The van der Waals surface area contributed by atoms with Crippen molar-refractivity contribution < 1.29 is 19.1 Å². The summed E-state index contributed by atoms with van der Waals surface area (Å²) in [5, 5.41) is 0.845. The zero-order chi connectivity index (χ0) is 21.1. The van der Waals surface area contributed by atoms with Crippen LogP contribution in [0.5, 0.6) is 5.75 Å². The van der Waals surface area contributed by atoms with E-state index in [4.69, 9.17) is 9.47 Å². The monoisotopic (exact) mass is 404 g/mol. The van der Waals surface area contributed by atoms with Gasteiger partial charge in [-0.15, -0.1) is 0 Å². The van der Waals surface area contributed by atoms with E-state index in [1.165, 1.54) is 0 Å². The van der Waals surface area contributed by atoms with E-state index in [-0.39, 0.29) is 12.5 Å². The Hall–Kier alpha value is -3.41. The summed E-state index contributed by atoms with van der Waals surface area (Å²) in [4.78, 5) is 31.4. The van der Waals surface area contributed by atoms with Gasteiger partial charge in [-0.25, -0.2) is 4.79 Å². The lowest BCUT2D eigenvalue weighted by molar-refractivity contribution is 0.0471. The van der Waals surface area contributed by atoms with Gasteiger partial charge in [0, 0.05) is 30.1 Å². The Morgan fingerprint density at radius 2 is 1.77 bits per heavy atom. The normalized spacial score (nSPS) is 13.5. The fourth-order valence-corrected chi connectivity index (χ4v) is 3.65. The fraction of sp³-hybridized carbons (Fsp3) is 0.292. The summed E-state index contributed by atoms with van der Waals surface area (Å²) < 4.78 is 10.7. The molecule has 30 heavy (non-hydrogen) atoms. The van der Waals surface area contributed by atoms with Gasteiger partial charge in [0.25, 0.3) is 5.91 Å². The van der Waals surface area contributed by atoms with Gasteiger partial charge in [-0.2, -0.15) is 0 Å². The number of fused-ring (bicyclic) bond motifs is 1. The van der Waals surface area contributed by atoms with Crippen LogP contribution in [0.2, 0.25) is 0 Å². The van der Waals surface area contributed by atoms with Gasteiger partial charge in [0.15, 0.2) is 0 Å². The summed E-state index contributed by atoms with van der Waals surface area (Å²) in [7, 11) is 1.61. The van der Waals surface area contributed by atoms with Crippen LogP contribution in [0.3, 0.4) is 0 Å². The first kappa shape index (κ1) is 19.9. The van der Waals surface area contributed by atoms with Crippen LogP contribution in [0.25, 0.3) is 10.9 Å². The number of hydrogen-bond acceptors (Lipinski definition) is 5. The van der Waals surface area contributed by atoms with Gasteiger partial charge in [0.05, 0.1) is 23.9 Å². The number of likely N-dealkylation sites (tertiary alicyclic amines) is 1. The standard InChI is InChI=1S/C24H24N2O4/c1-16-21(13-19-9-10-20(29-2)14-22(19)25-16)24(28)30-15-17-5-7-18(8-6-17)23(27)26-11-3-4-12-26/h5-10,13-14H,3-4,11-12,15H2,1-2H3. The van der Waals surface area contributed by atoms with Crippen LogP contribution in [0.15, 0.2) is 48.5 Å². The molecule has 3 aromatic rings. The van der Waals surface area contributed by atoms with Crippen LogP contribution in [0.4, 0.5) is 0 Å². The molecule has 6 nitrogen and oxygen atoms in total. The third-order valence-electron chi connectivity index (χ3n) is 5.40. The minimum absolute atomic E-state index is 0.0607. The van der Waals surface area contributed by atoms with Crippen LogP contribution in [-0.2, 0) is 11.3 Å². The number of carbonyl (C=O) groups excluding carboxylic acids is 2. The maximum Gasteiger partial charge on any atom is 0.340 e. The van der Waals surface area contributed by atoms with Gasteiger partial charge < -0.3 is 14.4 Å². The second-order valence-electron chi connectivity index (χ2n) is 7.45. The van der Waals surface area contributed by atoms with E-state index < -0.39 is 5.97 Å². The van der Waals surface area contributed by atoms with Crippen LogP contribution in [0, 0.1) is 6.92 Å². The van der Waals surface area contributed by atoms with Crippen molar-refractivity contribution in [2.45, 2.75) is 26.4 Å². The van der Waals surface area contributed by atoms with Crippen molar-refractivity contribution in [3.63, 3.8) is 0 Å². The molecule has 2 aromatic carbocycles. The van der Waals surface area contributed by atoms with Gasteiger partial charge in [-0.3, -0.25) is 9.78 Å². The first-order chi connectivity index (χ1) is 14.5. The molecule has 0 radical (unpaired) electrons. The van der Waals surface area contributed by atoms with E-state index in [0.717, 1.165) is 48.1 Å². The molecule has 154 valence electrons. The second-order valence-corrected chi connectivity index (χ2v) is 7.45. The van der Waals surface area contributed by atoms with Gasteiger partial charge in [-0.1, -0.05) is 12.1 Å². The Balaban J connectivity index is 1.43. The number of esters is 1. The van der Waals surface area contributed by atoms with Crippen molar-refractivity contribution in [2.75, 3.05) is 20.2 Å². The Kier molecular flexibility index (Phi) is 5.65. The molecule has 0 unspecified atom stereocenters. The molecule has 2 heterocycles. The molecule has 1 aliphatic rings. The van der Waals surface area contributed by atoms with Crippen molar-refractivity contribution in [1.82, 2.24) is 9.88 Å². The lowest BCUT2D eigenvalue weighted by Gasteiger charge is -2.15. The highest BCUT2D eigenvalue weighted by atomic mass is 16.5. The molecule has 1 fully saturated rings. The lowest BCUT2D eigenvalue weighted by Crippen LogP contribution is -2.27. The molecule has 0 aliphatic carbocycles. The molecule has 1 aromatic heterocycles. The summed E-state index contributed by atoms with van der Waals surface area (Å²) >= 11 is 0. The van der Waals surface area contributed by atoms with Crippen LogP contribution < -0.4 is 4.74 Å². The Bertz CT molecular complexity index is 1090. The molecule has 0 atom stereocenters. The third-order valence-corrected chi connectivity index (χ3v) is 5.40. The van der Waals surface area contributed by atoms with E-state index in [9.17, 15) is 9.59 Å².